The third-order valence-electron chi connectivity index (χ3n) is 3.24. The van der Waals surface area contributed by atoms with E-state index >= 15 is 0 Å². The smallest absolute Gasteiger partial charge is 0.207 e. The topological polar surface area (TPSA) is 41.6 Å². The monoisotopic (exact) mass is 234 g/mol. The molecule has 1 aliphatic heterocycles. The molecule has 2 rings (SSSR count). The molecule has 92 valence electrons. The zero-order chi connectivity index (χ0) is 12.1. The van der Waals surface area contributed by atoms with Crippen LogP contribution in [0.15, 0.2) is 24.3 Å². The highest BCUT2D eigenvalue weighted by molar-refractivity contribution is 5.50. The molecule has 1 aromatic rings. The van der Waals surface area contributed by atoms with Crippen molar-refractivity contribution in [3.63, 3.8) is 0 Å². The van der Waals surface area contributed by atoms with E-state index in [1.165, 1.54) is 5.69 Å². The van der Waals surface area contributed by atoms with Crippen LogP contribution in [-0.4, -0.2) is 32.7 Å². The average molecular weight is 234 g/mol. The number of carbonyl (C=O) groups excluding carboxylic acids is 1. The lowest BCUT2D eigenvalue weighted by molar-refractivity contribution is -0.110. The van der Waals surface area contributed by atoms with E-state index in [4.69, 9.17) is 4.74 Å². The zero-order valence-corrected chi connectivity index (χ0v) is 10.1. The molecule has 4 nitrogen and oxygen atoms in total. The van der Waals surface area contributed by atoms with Crippen LogP contribution >= 0.6 is 0 Å². The highest BCUT2D eigenvalue weighted by Gasteiger charge is 2.18. The second-order valence-electron chi connectivity index (χ2n) is 4.24. The van der Waals surface area contributed by atoms with E-state index in [1.54, 1.807) is 7.11 Å². The fourth-order valence-corrected chi connectivity index (χ4v) is 2.19. The molecule has 0 radical (unpaired) electrons. The van der Waals surface area contributed by atoms with Crippen molar-refractivity contribution in [2.45, 2.75) is 18.9 Å². The first-order valence-electron chi connectivity index (χ1n) is 5.92. The van der Waals surface area contributed by atoms with Crippen molar-refractivity contribution in [1.82, 2.24) is 5.32 Å². The molecule has 1 N–H and O–H groups in total. The van der Waals surface area contributed by atoms with Crippen LogP contribution in [0.3, 0.4) is 0 Å². The highest BCUT2D eigenvalue weighted by Crippen LogP contribution is 2.22. The molecule has 17 heavy (non-hydrogen) atoms. The van der Waals surface area contributed by atoms with Crippen molar-refractivity contribution in [2.75, 3.05) is 25.1 Å². The third-order valence-corrected chi connectivity index (χ3v) is 3.24. The van der Waals surface area contributed by atoms with Crippen molar-refractivity contribution in [1.29, 1.82) is 0 Å². The molecular formula is C13H18N2O2. The summed E-state index contributed by atoms with van der Waals surface area (Å²) in [6.45, 7) is 1.97. The summed E-state index contributed by atoms with van der Waals surface area (Å²) < 4.78 is 5.14. The molecule has 0 bridgehead atoms. The first-order valence-corrected chi connectivity index (χ1v) is 5.92. The van der Waals surface area contributed by atoms with E-state index in [0.717, 1.165) is 38.1 Å². The number of hydrogen-bond donors (Lipinski definition) is 1. The molecule has 4 heteroatoms. The standard InChI is InChI=1S/C13H18N2O2/c1-17-13-4-2-12(3-5-13)15-8-6-11(7-9-15)14-10-16/h2-5,10-11H,6-9H2,1H3,(H,14,16). The molecule has 1 fully saturated rings. The number of anilines is 1. The number of nitrogens with zero attached hydrogens (tertiary/aromatic N) is 1. The normalized spacial score (nSPS) is 16.6. The maximum Gasteiger partial charge on any atom is 0.207 e. The van der Waals surface area contributed by atoms with Crippen LogP contribution in [0.1, 0.15) is 12.8 Å². The van der Waals surface area contributed by atoms with Crippen LogP contribution in [0.25, 0.3) is 0 Å². The minimum absolute atomic E-state index is 0.335. The Morgan fingerprint density at radius 2 is 1.94 bits per heavy atom. The number of rotatable bonds is 4. The van der Waals surface area contributed by atoms with Crippen LogP contribution in [0.4, 0.5) is 5.69 Å². The van der Waals surface area contributed by atoms with Gasteiger partial charge in [0, 0.05) is 24.8 Å². The Kier molecular flexibility index (Phi) is 3.85. The van der Waals surface area contributed by atoms with Crippen LogP contribution in [0.5, 0.6) is 5.75 Å². The van der Waals surface area contributed by atoms with Gasteiger partial charge in [0.25, 0.3) is 0 Å². The lowest BCUT2D eigenvalue weighted by Gasteiger charge is -2.33. The van der Waals surface area contributed by atoms with Gasteiger partial charge in [0.15, 0.2) is 0 Å². The Labute approximate surface area is 102 Å². The molecular weight excluding hydrogens is 216 g/mol. The van der Waals surface area contributed by atoms with Crippen LogP contribution < -0.4 is 15.0 Å². The minimum atomic E-state index is 0.335. The van der Waals surface area contributed by atoms with Gasteiger partial charge in [-0.2, -0.15) is 0 Å². The zero-order valence-electron chi connectivity index (χ0n) is 10.1. The van der Waals surface area contributed by atoms with Crippen molar-refractivity contribution in [3.05, 3.63) is 24.3 Å². The quantitative estimate of drug-likeness (QED) is 0.801. The van der Waals surface area contributed by atoms with Gasteiger partial charge >= 0.3 is 0 Å². The maximum atomic E-state index is 10.4. The lowest BCUT2D eigenvalue weighted by atomic mass is 10.0. The fraction of sp³-hybridized carbons (Fsp3) is 0.462. The summed E-state index contributed by atoms with van der Waals surface area (Å²) in [6, 6.07) is 8.44. The Morgan fingerprint density at radius 3 is 2.47 bits per heavy atom. The van der Waals surface area contributed by atoms with Gasteiger partial charge in [0.05, 0.1) is 7.11 Å². The van der Waals surface area contributed by atoms with Crippen LogP contribution in [0.2, 0.25) is 0 Å². The summed E-state index contributed by atoms with van der Waals surface area (Å²) in [6.07, 6.45) is 2.81. The van der Waals surface area contributed by atoms with E-state index in [1.807, 2.05) is 12.1 Å². The van der Waals surface area contributed by atoms with Gasteiger partial charge in [-0.25, -0.2) is 0 Å². The van der Waals surface area contributed by atoms with E-state index in [0.29, 0.717) is 6.04 Å². The summed E-state index contributed by atoms with van der Waals surface area (Å²) in [4.78, 5) is 12.7. The second-order valence-corrected chi connectivity index (χ2v) is 4.24. The Balaban J connectivity index is 1.93. The van der Waals surface area contributed by atoms with E-state index < -0.39 is 0 Å². The molecule has 0 atom stereocenters. The predicted octanol–water partition coefficient (Wildman–Crippen LogP) is 1.41. The van der Waals surface area contributed by atoms with E-state index in [9.17, 15) is 4.79 Å². The van der Waals surface area contributed by atoms with Crippen molar-refractivity contribution < 1.29 is 9.53 Å². The molecule has 0 aliphatic carbocycles. The number of methoxy groups -OCH3 is 1. The fourth-order valence-electron chi connectivity index (χ4n) is 2.19. The Hall–Kier alpha value is -1.71. The van der Waals surface area contributed by atoms with Crippen molar-refractivity contribution in [2.24, 2.45) is 0 Å². The first-order chi connectivity index (χ1) is 8.33. The largest absolute Gasteiger partial charge is 0.497 e. The summed E-state index contributed by atoms with van der Waals surface area (Å²) >= 11 is 0. The number of hydrogen-bond acceptors (Lipinski definition) is 3. The van der Waals surface area contributed by atoms with Crippen molar-refractivity contribution >= 4 is 12.1 Å². The van der Waals surface area contributed by atoms with Crippen molar-refractivity contribution in [3.8, 4) is 5.75 Å². The Bertz CT molecular complexity index is 356. The number of piperidine rings is 1. The van der Waals surface area contributed by atoms with Gasteiger partial charge < -0.3 is 15.0 Å². The molecule has 1 aliphatic rings. The Morgan fingerprint density at radius 1 is 1.29 bits per heavy atom. The number of amides is 1. The van der Waals surface area contributed by atoms with E-state index in [2.05, 4.69) is 22.3 Å². The highest BCUT2D eigenvalue weighted by atomic mass is 16.5. The molecule has 0 saturated carbocycles. The van der Waals surface area contributed by atoms with Gasteiger partial charge in [-0.15, -0.1) is 0 Å². The first kappa shape index (κ1) is 11.8. The SMILES string of the molecule is COc1ccc(N2CCC(NC=O)CC2)cc1. The molecule has 0 aromatic heterocycles. The minimum Gasteiger partial charge on any atom is -0.497 e. The average Bonchev–Trinajstić information content (AvgIpc) is 2.40. The van der Waals surface area contributed by atoms with Crippen LogP contribution in [0, 0.1) is 0 Å². The summed E-state index contributed by atoms with van der Waals surface area (Å²) in [5.41, 5.74) is 1.22. The lowest BCUT2D eigenvalue weighted by Crippen LogP contribution is -2.42. The van der Waals surface area contributed by atoms with Gasteiger partial charge in [-0.3, -0.25) is 4.79 Å². The maximum absolute atomic E-state index is 10.4. The predicted molar refractivity (Wildman–Crippen MR) is 67.4 cm³/mol. The number of ether oxygens (including phenoxy) is 1. The summed E-state index contributed by atoms with van der Waals surface area (Å²) in [5.74, 6) is 0.881. The molecule has 1 saturated heterocycles. The molecule has 0 spiro atoms. The summed E-state index contributed by atoms with van der Waals surface area (Å²) in [7, 11) is 1.67. The van der Waals surface area contributed by atoms with Gasteiger partial charge in [0.2, 0.25) is 6.41 Å². The van der Waals surface area contributed by atoms with E-state index in [-0.39, 0.29) is 0 Å². The molecule has 0 unspecified atom stereocenters. The number of nitrogens with one attached hydrogen (secondary N) is 1. The molecule has 1 aromatic carbocycles. The third kappa shape index (κ3) is 2.90. The van der Waals surface area contributed by atoms with Gasteiger partial charge in [0.1, 0.15) is 5.75 Å². The molecule has 1 amide bonds. The molecule has 1 heterocycles. The number of carbonyl (C=O) groups is 1. The van der Waals surface area contributed by atoms with Gasteiger partial charge in [-0.05, 0) is 37.1 Å². The number of benzene rings is 1. The summed E-state index contributed by atoms with van der Waals surface area (Å²) in [5, 5.41) is 2.85. The van der Waals surface area contributed by atoms with Crippen LogP contribution in [-0.2, 0) is 4.79 Å². The second kappa shape index (κ2) is 5.57. The van der Waals surface area contributed by atoms with Gasteiger partial charge in [-0.1, -0.05) is 0 Å².